The Balaban J connectivity index is 2.06. The number of carbonyl (C=O) groups excluding carboxylic acids is 1. The molecule has 0 atom stereocenters. The van der Waals surface area contributed by atoms with Gasteiger partial charge in [-0.15, -0.1) is 18.2 Å². The summed E-state index contributed by atoms with van der Waals surface area (Å²) in [6.07, 6.45) is 5.16. The monoisotopic (exact) mass is 284 g/mol. The summed E-state index contributed by atoms with van der Waals surface area (Å²) in [6, 6.07) is 11.5. The Bertz CT molecular complexity index is 661. The molecule has 0 aliphatic heterocycles. The van der Waals surface area contributed by atoms with Gasteiger partial charge in [0.1, 0.15) is 0 Å². The number of benzene rings is 2. The fraction of sp³-hybridized carbons (Fsp3) is 0.188. The van der Waals surface area contributed by atoms with Crippen molar-refractivity contribution in [2.75, 3.05) is 23.8 Å². The number of thioether (sulfide) groups is 1. The Labute approximate surface area is 122 Å². The minimum absolute atomic E-state index is 0.144. The molecule has 0 fully saturated rings. The Hall–Kier alpha value is -2.12. The van der Waals surface area contributed by atoms with Crippen molar-refractivity contribution in [1.29, 1.82) is 0 Å². The number of nitrogen functional groups attached to an aromatic ring is 1. The molecular weight excluding hydrogens is 268 g/mol. The third-order valence-electron chi connectivity index (χ3n) is 2.88. The summed E-state index contributed by atoms with van der Waals surface area (Å²) in [5.74, 6) is 3.86. The maximum atomic E-state index is 12.1. The zero-order valence-electron chi connectivity index (χ0n) is 11.1. The van der Waals surface area contributed by atoms with Crippen molar-refractivity contribution in [3.05, 3.63) is 42.0 Å². The van der Waals surface area contributed by atoms with Gasteiger partial charge in [-0.1, -0.05) is 30.2 Å². The average Bonchev–Trinajstić information content (AvgIpc) is 2.46. The summed E-state index contributed by atoms with van der Waals surface area (Å²) >= 11 is 1.62. The fourth-order valence-electron chi connectivity index (χ4n) is 1.92. The van der Waals surface area contributed by atoms with E-state index < -0.39 is 0 Å². The summed E-state index contributed by atoms with van der Waals surface area (Å²) in [5, 5.41) is 4.90. The number of terminal acetylenes is 1. The number of nitrogens with one attached hydrogen (secondary N) is 1. The van der Waals surface area contributed by atoms with Crippen molar-refractivity contribution >= 4 is 34.1 Å². The molecule has 3 nitrogen and oxygen atoms in total. The lowest BCUT2D eigenvalue weighted by Crippen LogP contribution is -2.26. The predicted molar refractivity (Wildman–Crippen MR) is 86.9 cm³/mol. The predicted octanol–water partition coefficient (Wildman–Crippen LogP) is 2.52. The van der Waals surface area contributed by atoms with Gasteiger partial charge in [0.25, 0.3) is 5.91 Å². The first-order valence-corrected chi connectivity index (χ1v) is 7.45. The van der Waals surface area contributed by atoms with Gasteiger partial charge in [-0.3, -0.25) is 4.79 Å². The summed E-state index contributed by atoms with van der Waals surface area (Å²) in [5.41, 5.74) is 6.96. The van der Waals surface area contributed by atoms with Crippen molar-refractivity contribution in [3.63, 3.8) is 0 Å². The molecule has 2 aromatic carbocycles. The van der Waals surface area contributed by atoms with Crippen LogP contribution in [0.4, 0.5) is 5.69 Å². The van der Waals surface area contributed by atoms with E-state index in [9.17, 15) is 4.79 Å². The number of hydrogen-bond acceptors (Lipinski definition) is 3. The van der Waals surface area contributed by atoms with Crippen LogP contribution in [-0.4, -0.2) is 24.0 Å². The highest BCUT2D eigenvalue weighted by Gasteiger charge is 2.10. The molecule has 20 heavy (non-hydrogen) atoms. The minimum Gasteiger partial charge on any atom is -0.398 e. The Morgan fingerprint density at radius 3 is 2.70 bits per heavy atom. The molecule has 0 heterocycles. The van der Waals surface area contributed by atoms with E-state index in [1.54, 1.807) is 11.8 Å². The third kappa shape index (κ3) is 3.46. The first-order chi connectivity index (χ1) is 9.72. The van der Waals surface area contributed by atoms with E-state index in [0.717, 1.165) is 16.5 Å². The molecule has 0 aliphatic carbocycles. The molecule has 102 valence electrons. The van der Waals surface area contributed by atoms with Crippen LogP contribution in [0.15, 0.2) is 36.4 Å². The normalized spacial score (nSPS) is 10.2. The molecule has 2 aromatic rings. The topological polar surface area (TPSA) is 55.1 Å². The van der Waals surface area contributed by atoms with Crippen molar-refractivity contribution in [2.45, 2.75) is 0 Å². The second kappa shape index (κ2) is 6.88. The molecule has 4 heteroatoms. The number of nitrogens with two attached hydrogens (primary N) is 1. The molecule has 0 saturated carbocycles. The third-order valence-corrected chi connectivity index (χ3v) is 3.74. The highest BCUT2D eigenvalue weighted by atomic mass is 32.2. The number of carbonyl (C=O) groups is 1. The van der Waals surface area contributed by atoms with E-state index in [1.807, 2.05) is 36.4 Å². The molecule has 0 spiro atoms. The lowest BCUT2D eigenvalue weighted by Gasteiger charge is -2.09. The maximum absolute atomic E-state index is 12.1. The lowest BCUT2D eigenvalue weighted by molar-refractivity contribution is 0.0957. The zero-order valence-corrected chi connectivity index (χ0v) is 11.9. The van der Waals surface area contributed by atoms with Gasteiger partial charge in [-0.25, -0.2) is 0 Å². The van der Waals surface area contributed by atoms with Crippen LogP contribution in [0.5, 0.6) is 0 Å². The van der Waals surface area contributed by atoms with Gasteiger partial charge in [0, 0.05) is 18.0 Å². The quantitative estimate of drug-likeness (QED) is 0.504. The van der Waals surface area contributed by atoms with Crippen molar-refractivity contribution in [3.8, 4) is 12.3 Å². The van der Waals surface area contributed by atoms with Gasteiger partial charge in [0.05, 0.1) is 11.3 Å². The van der Waals surface area contributed by atoms with Gasteiger partial charge >= 0.3 is 0 Å². The number of fused-ring (bicyclic) bond motifs is 1. The molecule has 0 unspecified atom stereocenters. The Kier molecular flexibility index (Phi) is 4.91. The van der Waals surface area contributed by atoms with E-state index in [2.05, 4.69) is 11.2 Å². The van der Waals surface area contributed by atoms with Gasteiger partial charge in [-0.05, 0) is 22.9 Å². The molecule has 3 N–H and O–H groups in total. The number of rotatable bonds is 5. The lowest BCUT2D eigenvalue weighted by atomic mass is 10.0. The van der Waals surface area contributed by atoms with Crippen molar-refractivity contribution in [1.82, 2.24) is 5.32 Å². The summed E-state index contributed by atoms with van der Waals surface area (Å²) < 4.78 is 0. The van der Waals surface area contributed by atoms with Crippen LogP contribution in [0, 0.1) is 12.3 Å². The van der Waals surface area contributed by atoms with Gasteiger partial charge < -0.3 is 11.1 Å². The van der Waals surface area contributed by atoms with E-state index in [0.29, 0.717) is 23.5 Å². The molecule has 0 saturated heterocycles. The fourth-order valence-corrected chi connectivity index (χ4v) is 2.43. The minimum atomic E-state index is -0.144. The highest BCUT2D eigenvalue weighted by Crippen LogP contribution is 2.21. The molecular formula is C16H16N2OS. The van der Waals surface area contributed by atoms with Crippen molar-refractivity contribution in [2.24, 2.45) is 0 Å². The van der Waals surface area contributed by atoms with Crippen LogP contribution >= 0.6 is 11.8 Å². The van der Waals surface area contributed by atoms with E-state index in [-0.39, 0.29) is 5.91 Å². The van der Waals surface area contributed by atoms with Crippen LogP contribution in [-0.2, 0) is 0 Å². The molecule has 0 bridgehead atoms. The molecule has 0 radical (unpaired) electrons. The highest BCUT2D eigenvalue weighted by molar-refractivity contribution is 7.99. The standard InChI is InChI=1S/C16H16N2OS/c1-2-8-20-9-7-18-16(19)14-10-12-5-3-4-6-13(12)11-15(14)17/h1,3-6,10-11H,7-9,17H2,(H,18,19). The SMILES string of the molecule is C#CCSCCNC(=O)c1cc2ccccc2cc1N. The largest absolute Gasteiger partial charge is 0.398 e. The van der Waals surface area contributed by atoms with Gasteiger partial charge in [-0.2, -0.15) is 0 Å². The molecule has 1 amide bonds. The Morgan fingerprint density at radius 1 is 1.30 bits per heavy atom. The molecule has 0 aromatic heterocycles. The second-order valence-electron chi connectivity index (χ2n) is 4.30. The maximum Gasteiger partial charge on any atom is 0.253 e. The first kappa shape index (κ1) is 14.3. The van der Waals surface area contributed by atoms with Gasteiger partial charge in [0.2, 0.25) is 0 Å². The zero-order chi connectivity index (χ0) is 14.4. The van der Waals surface area contributed by atoms with E-state index >= 15 is 0 Å². The number of anilines is 1. The van der Waals surface area contributed by atoms with Crippen LogP contribution < -0.4 is 11.1 Å². The summed E-state index contributed by atoms with van der Waals surface area (Å²) in [7, 11) is 0. The summed E-state index contributed by atoms with van der Waals surface area (Å²) in [6.45, 7) is 0.581. The Morgan fingerprint density at radius 2 is 2.00 bits per heavy atom. The van der Waals surface area contributed by atoms with Crippen LogP contribution in [0.2, 0.25) is 0 Å². The number of amides is 1. The average molecular weight is 284 g/mol. The van der Waals surface area contributed by atoms with Crippen LogP contribution in [0.3, 0.4) is 0 Å². The molecule has 2 rings (SSSR count). The van der Waals surface area contributed by atoms with Gasteiger partial charge in [0.15, 0.2) is 0 Å². The van der Waals surface area contributed by atoms with Crippen LogP contribution in [0.1, 0.15) is 10.4 Å². The second-order valence-corrected chi connectivity index (χ2v) is 5.40. The van der Waals surface area contributed by atoms with Crippen molar-refractivity contribution < 1.29 is 4.79 Å². The van der Waals surface area contributed by atoms with Crippen LogP contribution in [0.25, 0.3) is 10.8 Å². The summed E-state index contributed by atoms with van der Waals surface area (Å²) in [4.78, 5) is 12.1. The van der Waals surface area contributed by atoms with E-state index in [4.69, 9.17) is 12.2 Å². The first-order valence-electron chi connectivity index (χ1n) is 6.30. The van der Waals surface area contributed by atoms with E-state index in [1.165, 1.54) is 0 Å². The molecule has 0 aliphatic rings. The smallest absolute Gasteiger partial charge is 0.253 e. The number of hydrogen-bond donors (Lipinski definition) is 2.